The highest BCUT2D eigenvalue weighted by Gasteiger charge is 2.26. The van der Waals surface area contributed by atoms with Crippen LogP contribution in [0.3, 0.4) is 0 Å². The molecular weight excluding hydrogens is 314 g/mol. The van der Waals surface area contributed by atoms with Gasteiger partial charge in [-0.25, -0.2) is 0 Å². The summed E-state index contributed by atoms with van der Waals surface area (Å²) in [7, 11) is 0. The molecule has 1 aromatic carbocycles. The summed E-state index contributed by atoms with van der Waals surface area (Å²) >= 11 is 0. The van der Waals surface area contributed by atoms with E-state index in [4.69, 9.17) is 5.73 Å². The smallest absolute Gasteiger partial charge is 0.387 e. The second kappa shape index (κ2) is 8.90. The zero-order valence-electron chi connectivity index (χ0n) is 12.2. The standard InChI is InChI=1S/C15H20F2N2O2.ClH/c16-15(17)21-13-7-2-1-5-11(13)9-14(20)19-8-4-3-6-12(19)10-18;/h1-2,5,7,12,15H,3-4,6,8-10,18H2;1H. The van der Waals surface area contributed by atoms with Crippen molar-refractivity contribution in [3.63, 3.8) is 0 Å². The van der Waals surface area contributed by atoms with Crippen LogP contribution in [0.2, 0.25) is 0 Å². The summed E-state index contributed by atoms with van der Waals surface area (Å²) in [5.41, 5.74) is 6.18. The predicted molar refractivity (Wildman–Crippen MR) is 82.4 cm³/mol. The number of nitrogens with zero attached hydrogens (tertiary/aromatic N) is 1. The van der Waals surface area contributed by atoms with Gasteiger partial charge in [0.25, 0.3) is 0 Å². The first-order chi connectivity index (χ1) is 10.1. The molecule has 0 aliphatic carbocycles. The van der Waals surface area contributed by atoms with E-state index in [9.17, 15) is 13.6 Å². The van der Waals surface area contributed by atoms with Crippen LogP contribution in [0.4, 0.5) is 8.78 Å². The van der Waals surface area contributed by atoms with Crippen LogP contribution in [0, 0.1) is 0 Å². The molecule has 22 heavy (non-hydrogen) atoms. The number of hydrogen-bond acceptors (Lipinski definition) is 3. The van der Waals surface area contributed by atoms with E-state index >= 15 is 0 Å². The van der Waals surface area contributed by atoms with Gasteiger partial charge < -0.3 is 15.4 Å². The van der Waals surface area contributed by atoms with E-state index in [0.29, 0.717) is 18.7 Å². The van der Waals surface area contributed by atoms with Gasteiger partial charge >= 0.3 is 6.61 Å². The van der Waals surface area contributed by atoms with Crippen molar-refractivity contribution >= 4 is 18.3 Å². The van der Waals surface area contributed by atoms with Crippen molar-refractivity contribution in [1.29, 1.82) is 0 Å². The first-order valence-corrected chi connectivity index (χ1v) is 7.14. The van der Waals surface area contributed by atoms with Gasteiger partial charge in [0.15, 0.2) is 0 Å². The highest BCUT2D eigenvalue weighted by Crippen LogP contribution is 2.23. The van der Waals surface area contributed by atoms with E-state index < -0.39 is 6.61 Å². The van der Waals surface area contributed by atoms with E-state index in [0.717, 1.165) is 19.3 Å². The lowest BCUT2D eigenvalue weighted by Crippen LogP contribution is -2.48. The highest BCUT2D eigenvalue weighted by molar-refractivity contribution is 5.85. The third-order valence-electron chi connectivity index (χ3n) is 3.75. The first-order valence-electron chi connectivity index (χ1n) is 7.14. The van der Waals surface area contributed by atoms with Crippen LogP contribution in [0.1, 0.15) is 24.8 Å². The van der Waals surface area contributed by atoms with Crippen molar-refractivity contribution in [1.82, 2.24) is 4.90 Å². The number of alkyl halides is 2. The molecule has 1 unspecified atom stereocenters. The minimum atomic E-state index is -2.90. The van der Waals surface area contributed by atoms with Gasteiger partial charge in [-0.3, -0.25) is 4.79 Å². The molecule has 1 saturated heterocycles. The van der Waals surface area contributed by atoms with Crippen LogP contribution in [0.25, 0.3) is 0 Å². The summed E-state index contributed by atoms with van der Waals surface area (Å²) in [4.78, 5) is 14.2. The maximum atomic E-state index is 12.4. The number of carbonyl (C=O) groups excluding carboxylic acids is 1. The number of ether oxygens (including phenoxy) is 1. The number of likely N-dealkylation sites (tertiary alicyclic amines) is 1. The second-order valence-electron chi connectivity index (χ2n) is 5.14. The fourth-order valence-corrected chi connectivity index (χ4v) is 2.70. The molecular formula is C15H21ClF2N2O2. The number of benzene rings is 1. The average Bonchev–Trinajstić information content (AvgIpc) is 2.48. The molecule has 0 bridgehead atoms. The molecule has 1 atom stereocenters. The molecule has 1 fully saturated rings. The van der Waals surface area contributed by atoms with Crippen LogP contribution < -0.4 is 10.5 Å². The molecule has 1 heterocycles. The summed E-state index contributed by atoms with van der Waals surface area (Å²) in [6.45, 7) is -1.78. The van der Waals surface area contributed by atoms with Crippen molar-refractivity contribution in [2.24, 2.45) is 5.73 Å². The Balaban J connectivity index is 0.00000242. The second-order valence-corrected chi connectivity index (χ2v) is 5.14. The van der Waals surface area contributed by atoms with E-state index in [1.54, 1.807) is 23.1 Å². The molecule has 0 aromatic heterocycles. The Hall–Kier alpha value is -1.40. The highest BCUT2D eigenvalue weighted by atomic mass is 35.5. The Morgan fingerprint density at radius 1 is 1.36 bits per heavy atom. The van der Waals surface area contributed by atoms with Crippen molar-refractivity contribution in [3.05, 3.63) is 29.8 Å². The largest absolute Gasteiger partial charge is 0.435 e. The minimum Gasteiger partial charge on any atom is -0.435 e. The average molecular weight is 335 g/mol. The van der Waals surface area contributed by atoms with Crippen LogP contribution >= 0.6 is 12.4 Å². The van der Waals surface area contributed by atoms with Gasteiger partial charge in [-0.15, -0.1) is 12.4 Å². The van der Waals surface area contributed by atoms with E-state index in [2.05, 4.69) is 4.74 Å². The van der Waals surface area contributed by atoms with Crippen molar-refractivity contribution < 1.29 is 18.3 Å². The summed E-state index contributed by atoms with van der Waals surface area (Å²) in [5.74, 6) is -0.0300. The van der Waals surface area contributed by atoms with Crippen LogP contribution in [0.5, 0.6) is 5.75 Å². The molecule has 0 radical (unpaired) electrons. The third kappa shape index (κ3) is 4.81. The number of nitrogens with two attached hydrogens (primary N) is 1. The Morgan fingerprint density at radius 3 is 2.77 bits per heavy atom. The van der Waals surface area contributed by atoms with E-state index in [-0.39, 0.29) is 36.5 Å². The Morgan fingerprint density at radius 2 is 2.09 bits per heavy atom. The molecule has 2 rings (SSSR count). The van der Waals surface area contributed by atoms with Crippen LogP contribution in [0.15, 0.2) is 24.3 Å². The Labute approximate surface area is 135 Å². The summed E-state index contributed by atoms with van der Waals surface area (Å²) in [6.07, 6.45) is 2.98. The zero-order chi connectivity index (χ0) is 15.2. The monoisotopic (exact) mass is 334 g/mol. The molecule has 7 heteroatoms. The van der Waals surface area contributed by atoms with E-state index in [1.807, 2.05) is 0 Å². The van der Waals surface area contributed by atoms with Gasteiger partial charge in [0.1, 0.15) is 5.75 Å². The topological polar surface area (TPSA) is 55.6 Å². The van der Waals surface area contributed by atoms with Gasteiger partial charge in [0.2, 0.25) is 5.91 Å². The van der Waals surface area contributed by atoms with Gasteiger partial charge in [-0.2, -0.15) is 8.78 Å². The van der Waals surface area contributed by atoms with Gasteiger partial charge in [-0.1, -0.05) is 18.2 Å². The normalized spacial score (nSPS) is 18.0. The minimum absolute atomic E-state index is 0. The summed E-state index contributed by atoms with van der Waals surface area (Å²) in [5, 5.41) is 0. The number of carbonyl (C=O) groups is 1. The summed E-state index contributed by atoms with van der Waals surface area (Å²) < 4.78 is 29.2. The maximum Gasteiger partial charge on any atom is 0.387 e. The lowest BCUT2D eigenvalue weighted by Gasteiger charge is -2.35. The molecule has 0 spiro atoms. The van der Waals surface area contributed by atoms with Gasteiger partial charge in [-0.05, 0) is 25.3 Å². The molecule has 4 nitrogen and oxygen atoms in total. The van der Waals surface area contributed by atoms with Crippen LogP contribution in [-0.4, -0.2) is 36.5 Å². The van der Waals surface area contributed by atoms with Crippen molar-refractivity contribution in [3.8, 4) is 5.75 Å². The predicted octanol–water partition coefficient (Wildman–Crippen LogP) is 2.59. The van der Waals surface area contributed by atoms with Crippen LogP contribution in [-0.2, 0) is 11.2 Å². The van der Waals surface area contributed by atoms with E-state index in [1.165, 1.54) is 6.07 Å². The fourth-order valence-electron chi connectivity index (χ4n) is 2.70. The molecule has 1 aromatic rings. The number of halogens is 3. The number of hydrogen-bond donors (Lipinski definition) is 1. The lowest BCUT2D eigenvalue weighted by molar-refractivity contribution is -0.134. The quantitative estimate of drug-likeness (QED) is 0.900. The third-order valence-corrected chi connectivity index (χ3v) is 3.75. The molecule has 2 N–H and O–H groups in total. The van der Waals surface area contributed by atoms with Crippen molar-refractivity contribution in [2.45, 2.75) is 38.3 Å². The Kier molecular flexibility index (Phi) is 7.55. The van der Waals surface area contributed by atoms with Crippen molar-refractivity contribution in [2.75, 3.05) is 13.1 Å². The molecule has 0 saturated carbocycles. The number of para-hydroxylation sites is 1. The maximum absolute atomic E-state index is 12.4. The number of piperidine rings is 1. The molecule has 1 aliphatic heterocycles. The van der Waals surface area contributed by atoms with Gasteiger partial charge in [0.05, 0.1) is 6.42 Å². The molecule has 124 valence electrons. The Bertz CT molecular complexity index is 488. The fraction of sp³-hybridized carbons (Fsp3) is 0.533. The SMILES string of the molecule is Cl.NCC1CCCCN1C(=O)Cc1ccccc1OC(F)F. The summed E-state index contributed by atoms with van der Waals surface area (Å²) in [6, 6.07) is 6.45. The van der Waals surface area contributed by atoms with Gasteiger partial charge in [0, 0.05) is 24.7 Å². The number of amides is 1. The lowest BCUT2D eigenvalue weighted by atomic mass is 10.0. The molecule has 1 aliphatic rings. The molecule has 1 amide bonds. The zero-order valence-corrected chi connectivity index (χ0v) is 13.0. The first kappa shape index (κ1) is 18.6. The number of rotatable bonds is 5.